The van der Waals surface area contributed by atoms with Crippen molar-refractivity contribution in [3.05, 3.63) is 30.1 Å². The number of hydrogen-bond acceptors (Lipinski definition) is 7. The van der Waals surface area contributed by atoms with E-state index in [0.717, 1.165) is 25.7 Å². The molecule has 28 heavy (non-hydrogen) atoms. The number of rotatable bonds is 2. The normalized spacial score (nSPS) is 47.1. The number of pyridine rings is 1. The molecule has 1 aliphatic carbocycles. The van der Waals surface area contributed by atoms with Gasteiger partial charge >= 0.3 is 5.97 Å². The zero-order chi connectivity index (χ0) is 19.5. The van der Waals surface area contributed by atoms with Crippen molar-refractivity contribution in [1.82, 2.24) is 4.98 Å². The molecule has 5 aliphatic rings. The zero-order valence-electron chi connectivity index (χ0n) is 16.5. The molecule has 1 saturated carbocycles. The van der Waals surface area contributed by atoms with Crippen molar-refractivity contribution in [2.75, 3.05) is 0 Å². The van der Waals surface area contributed by atoms with Crippen molar-refractivity contribution in [2.45, 2.75) is 70.4 Å². The van der Waals surface area contributed by atoms with Crippen LogP contribution in [-0.2, 0) is 24.0 Å². The number of esters is 1. The first-order chi connectivity index (χ1) is 13.4. The third kappa shape index (κ3) is 2.64. The van der Waals surface area contributed by atoms with Gasteiger partial charge in [0.25, 0.3) is 0 Å². The number of hydrogen-bond donors (Lipinski definition) is 0. The van der Waals surface area contributed by atoms with Gasteiger partial charge in [-0.1, -0.05) is 13.8 Å². The van der Waals surface area contributed by atoms with Gasteiger partial charge in [0.1, 0.15) is 0 Å². The number of ether oxygens (including phenoxy) is 3. The third-order valence-corrected chi connectivity index (χ3v) is 7.24. The van der Waals surface area contributed by atoms with E-state index >= 15 is 0 Å². The molecule has 2 unspecified atom stereocenters. The van der Waals surface area contributed by atoms with Gasteiger partial charge in [0.2, 0.25) is 12.1 Å². The second-order valence-corrected chi connectivity index (χ2v) is 8.91. The molecule has 4 saturated heterocycles. The topological polar surface area (TPSA) is 76.1 Å². The molecule has 4 aliphatic heterocycles. The summed E-state index contributed by atoms with van der Waals surface area (Å²) >= 11 is 0. The summed E-state index contributed by atoms with van der Waals surface area (Å²) in [5.41, 5.74) is -0.191. The van der Waals surface area contributed by atoms with Crippen LogP contribution < -0.4 is 0 Å². The minimum absolute atomic E-state index is 0.0355. The van der Waals surface area contributed by atoms with Crippen LogP contribution in [0.2, 0.25) is 0 Å². The highest BCUT2D eigenvalue weighted by Crippen LogP contribution is 2.60. The van der Waals surface area contributed by atoms with Crippen LogP contribution in [0.25, 0.3) is 0 Å². The summed E-state index contributed by atoms with van der Waals surface area (Å²) in [6.45, 7) is 6.22. The minimum atomic E-state index is -0.836. The van der Waals surface area contributed by atoms with Crippen LogP contribution in [-0.4, -0.2) is 34.9 Å². The van der Waals surface area contributed by atoms with E-state index in [-0.39, 0.29) is 11.8 Å². The molecule has 1 aromatic rings. The van der Waals surface area contributed by atoms with E-state index in [1.54, 1.807) is 24.5 Å². The minimum Gasteiger partial charge on any atom is -0.432 e. The van der Waals surface area contributed by atoms with Crippen molar-refractivity contribution < 1.29 is 28.8 Å². The van der Waals surface area contributed by atoms with Crippen LogP contribution in [0, 0.1) is 23.7 Å². The van der Waals surface area contributed by atoms with E-state index in [1.165, 1.54) is 0 Å². The second-order valence-electron chi connectivity index (χ2n) is 8.91. The smallest absolute Gasteiger partial charge is 0.340 e. The standard InChI is InChI=1S/C21H27NO6/c1-12-4-5-16-13(2)18(24-17(23)14-7-10-22-11-8-14)25-19-21(16)15(12)6-9-20(3,26-19)27-28-21/h7-8,10-13,15-16,18-19H,4-6,9H2,1-3H3/t12-,13-,15?,16?,18+,19-,20-,21-/m1/s1. The van der Waals surface area contributed by atoms with Gasteiger partial charge in [-0.15, -0.1) is 0 Å². The van der Waals surface area contributed by atoms with Crippen LogP contribution in [0.4, 0.5) is 0 Å². The summed E-state index contributed by atoms with van der Waals surface area (Å²) in [6.07, 6.45) is 5.64. The molecule has 0 radical (unpaired) electrons. The van der Waals surface area contributed by atoms with Crippen LogP contribution in [0.1, 0.15) is 56.8 Å². The summed E-state index contributed by atoms with van der Waals surface area (Å²) in [5, 5.41) is 0. The van der Waals surface area contributed by atoms with E-state index < -0.39 is 29.9 Å². The third-order valence-electron chi connectivity index (χ3n) is 7.24. The number of carbonyl (C=O) groups excluding carboxylic acids is 1. The fourth-order valence-electron chi connectivity index (χ4n) is 5.67. The molecule has 7 heteroatoms. The predicted molar refractivity (Wildman–Crippen MR) is 96.5 cm³/mol. The molecule has 0 aromatic carbocycles. The molecule has 152 valence electrons. The Hall–Kier alpha value is -1.54. The Balaban J connectivity index is 1.46. The van der Waals surface area contributed by atoms with Gasteiger partial charge in [-0.3, -0.25) is 4.98 Å². The summed E-state index contributed by atoms with van der Waals surface area (Å²) in [4.78, 5) is 28.4. The molecule has 5 fully saturated rings. The largest absolute Gasteiger partial charge is 0.432 e. The summed E-state index contributed by atoms with van der Waals surface area (Å²) in [7, 11) is 0. The molecule has 0 amide bonds. The maximum atomic E-state index is 12.6. The van der Waals surface area contributed by atoms with E-state index in [1.807, 2.05) is 6.92 Å². The predicted octanol–water partition coefficient (Wildman–Crippen LogP) is 3.45. The lowest BCUT2D eigenvalue weighted by molar-refractivity contribution is -0.576. The molecule has 5 heterocycles. The van der Waals surface area contributed by atoms with Crippen molar-refractivity contribution in [3.8, 4) is 0 Å². The molecule has 2 bridgehead atoms. The van der Waals surface area contributed by atoms with Gasteiger partial charge < -0.3 is 14.2 Å². The quantitative estimate of drug-likeness (QED) is 0.566. The second kappa shape index (κ2) is 6.49. The summed E-state index contributed by atoms with van der Waals surface area (Å²) < 4.78 is 18.3. The Labute approximate surface area is 164 Å². The molecule has 6 rings (SSSR count). The van der Waals surface area contributed by atoms with Gasteiger partial charge in [-0.2, -0.15) is 0 Å². The van der Waals surface area contributed by atoms with Gasteiger partial charge in [0.15, 0.2) is 11.9 Å². The fourth-order valence-corrected chi connectivity index (χ4v) is 5.67. The maximum absolute atomic E-state index is 12.6. The van der Waals surface area contributed by atoms with Crippen molar-refractivity contribution in [2.24, 2.45) is 23.7 Å². The lowest BCUT2D eigenvalue weighted by atomic mass is 9.58. The van der Waals surface area contributed by atoms with Gasteiger partial charge in [0, 0.05) is 30.7 Å². The van der Waals surface area contributed by atoms with E-state index in [2.05, 4.69) is 18.8 Å². The van der Waals surface area contributed by atoms with Crippen molar-refractivity contribution >= 4 is 5.97 Å². The molecule has 0 N–H and O–H groups in total. The van der Waals surface area contributed by atoms with Gasteiger partial charge in [-0.25, -0.2) is 14.6 Å². The van der Waals surface area contributed by atoms with Crippen molar-refractivity contribution in [1.29, 1.82) is 0 Å². The molecule has 1 aromatic heterocycles. The van der Waals surface area contributed by atoms with E-state index in [9.17, 15) is 4.79 Å². The molecular weight excluding hydrogens is 362 g/mol. The average molecular weight is 389 g/mol. The molecule has 7 nitrogen and oxygen atoms in total. The highest BCUT2D eigenvalue weighted by atomic mass is 17.3. The molecular formula is C21H27NO6. The number of aromatic nitrogens is 1. The first kappa shape index (κ1) is 18.5. The lowest BCUT2D eigenvalue weighted by Gasteiger charge is -2.59. The zero-order valence-corrected chi connectivity index (χ0v) is 16.5. The highest BCUT2D eigenvalue weighted by Gasteiger charge is 2.69. The Morgan fingerprint density at radius 3 is 2.71 bits per heavy atom. The fraction of sp³-hybridized carbons (Fsp3) is 0.714. The van der Waals surface area contributed by atoms with Gasteiger partial charge in [-0.05, 0) is 50.2 Å². The molecule has 1 spiro atoms. The lowest BCUT2D eigenvalue weighted by Crippen LogP contribution is -2.70. The molecule has 8 atom stereocenters. The first-order valence-electron chi connectivity index (χ1n) is 10.2. The number of carbonyl (C=O) groups is 1. The summed E-state index contributed by atoms with van der Waals surface area (Å²) in [6, 6.07) is 3.27. The SMILES string of the molecule is C[C@@H]1CCC2[C@@H](C)[C@@H](OC(=O)c3ccncc3)O[C@@H]3O[C@@]4(C)CCC1[C@@]23OO4. The van der Waals surface area contributed by atoms with E-state index in [4.69, 9.17) is 24.0 Å². The number of nitrogens with zero attached hydrogens (tertiary/aromatic N) is 1. The monoisotopic (exact) mass is 389 g/mol. The Morgan fingerprint density at radius 2 is 1.93 bits per heavy atom. The summed E-state index contributed by atoms with van der Waals surface area (Å²) in [5.74, 6) is -0.370. The highest BCUT2D eigenvalue weighted by molar-refractivity contribution is 5.89. The van der Waals surface area contributed by atoms with Crippen LogP contribution >= 0.6 is 0 Å². The van der Waals surface area contributed by atoms with E-state index in [0.29, 0.717) is 17.4 Å². The Morgan fingerprint density at radius 1 is 1.14 bits per heavy atom. The Kier molecular flexibility index (Phi) is 4.28. The van der Waals surface area contributed by atoms with Crippen LogP contribution in [0.15, 0.2) is 24.5 Å². The van der Waals surface area contributed by atoms with Gasteiger partial charge in [0.05, 0.1) is 5.56 Å². The average Bonchev–Trinajstić information content (AvgIpc) is 2.92. The van der Waals surface area contributed by atoms with Crippen LogP contribution in [0.5, 0.6) is 0 Å². The number of fused-ring (bicyclic) bond motifs is 2. The first-order valence-corrected chi connectivity index (χ1v) is 10.2. The maximum Gasteiger partial charge on any atom is 0.340 e. The van der Waals surface area contributed by atoms with Crippen LogP contribution in [0.3, 0.4) is 0 Å². The Bertz CT molecular complexity index is 759. The van der Waals surface area contributed by atoms with Crippen molar-refractivity contribution in [3.63, 3.8) is 0 Å².